The molecule has 3 aliphatic heterocycles. The Balaban J connectivity index is 1.61. The van der Waals surface area contributed by atoms with E-state index in [1.54, 1.807) is 12.2 Å². The molecule has 4 atom stereocenters. The summed E-state index contributed by atoms with van der Waals surface area (Å²) in [6, 6.07) is -0.230. The van der Waals surface area contributed by atoms with Gasteiger partial charge in [-0.3, -0.25) is 19.2 Å². The summed E-state index contributed by atoms with van der Waals surface area (Å²) in [5.41, 5.74) is 7.29. The molecule has 5 heterocycles. The van der Waals surface area contributed by atoms with E-state index in [9.17, 15) is 29.4 Å². The van der Waals surface area contributed by atoms with Gasteiger partial charge in [-0.25, -0.2) is 0 Å². The molecule has 3 aliphatic rings. The van der Waals surface area contributed by atoms with Crippen LogP contribution < -0.4 is 21.2 Å². The first-order valence-corrected chi connectivity index (χ1v) is 15.8. The molecule has 6 N–H and O–H groups in total. The van der Waals surface area contributed by atoms with Crippen molar-refractivity contribution >= 4 is 53.7 Å². The number of carboxylic acids is 2. The highest BCUT2D eigenvalue weighted by atomic mass is 32.2. The van der Waals surface area contributed by atoms with Crippen LogP contribution in [-0.2, 0) is 32.0 Å². The maximum atomic E-state index is 12.5. The van der Waals surface area contributed by atoms with E-state index in [1.807, 2.05) is 51.6 Å². The van der Waals surface area contributed by atoms with Gasteiger partial charge in [0, 0.05) is 69.4 Å². The third-order valence-corrected chi connectivity index (χ3v) is 10.0. The highest BCUT2D eigenvalue weighted by Gasteiger charge is 2.45. The van der Waals surface area contributed by atoms with Crippen LogP contribution in [0, 0.1) is 25.7 Å². The van der Waals surface area contributed by atoms with E-state index in [0.717, 1.165) is 50.3 Å². The van der Waals surface area contributed by atoms with E-state index < -0.39 is 11.9 Å². The quantitative estimate of drug-likeness (QED) is 0.211. The van der Waals surface area contributed by atoms with Gasteiger partial charge in [0.05, 0.1) is 12.5 Å². The van der Waals surface area contributed by atoms with Crippen molar-refractivity contribution < 1.29 is 29.4 Å². The maximum Gasteiger partial charge on any atom is 0.307 e. The smallest absolute Gasteiger partial charge is 0.307 e. The van der Waals surface area contributed by atoms with Gasteiger partial charge < -0.3 is 30.8 Å². The molecule has 232 valence electrons. The monoisotopic (exact) mass is 618 g/mol. The van der Waals surface area contributed by atoms with Crippen molar-refractivity contribution in [3.63, 3.8) is 0 Å². The molecule has 2 amide bonds. The Bertz CT molecular complexity index is 1760. The van der Waals surface area contributed by atoms with Crippen molar-refractivity contribution in [1.82, 2.24) is 20.6 Å². The molecule has 11 heteroatoms. The number of thioether (sulfide) groups is 1. The number of H-pyrrole nitrogens is 2. The summed E-state index contributed by atoms with van der Waals surface area (Å²) >= 11 is 1.84. The minimum atomic E-state index is -0.960. The summed E-state index contributed by atoms with van der Waals surface area (Å²) in [4.78, 5) is 54.9. The fraction of sp³-hybridized carbons (Fsp3) is 0.394. The molecule has 2 aromatic rings. The summed E-state index contributed by atoms with van der Waals surface area (Å²) in [6.45, 7) is 11.5. The zero-order valence-corrected chi connectivity index (χ0v) is 26.1. The Morgan fingerprint density at radius 3 is 2.39 bits per heavy atom. The summed E-state index contributed by atoms with van der Waals surface area (Å²) in [7, 11) is 0. The van der Waals surface area contributed by atoms with Gasteiger partial charge in [-0.05, 0) is 66.8 Å². The van der Waals surface area contributed by atoms with E-state index in [4.69, 9.17) is 0 Å². The molecule has 0 unspecified atom stereocenters. The lowest BCUT2D eigenvalue weighted by Gasteiger charge is -2.12. The average Bonchev–Trinajstić information content (AvgIpc) is 3.53. The highest BCUT2D eigenvalue weighted by Crippen LogP contribution is 2.46. The van der Waals surface area contributed by atoms with Crippen molar-refractivity contribution in [2.24, 2.45) is 11.8 Å². The van der Waals surface area contributed by atoms with Gasteiger partial charge in [0.2, 0.25) is 5.91 Å². The highest BCUT2D eigenvalue weighted by molar-refractivity contribution is 8.06. The van der Waals surface area contributed by atoms with E-state index in [0.29, 0.717) is 34.7 Å². The first-order valence-electron chi connectivity index (χ1n) is 14.7. The molecule has 2 aromatic heterocycles. The molecule has 0 saturated carbocycles. The fourth-order valence-electron chi connectivity index (χ4n) is 6.32. The molecule has 0 aliphatic carbocycles. The number of hydrogen-bond acceptors (Lipinski definition) is 5. The van der Waals surface area contributed by atoms with Crippen molar-refractivity contribution in [1.29, 1.82) is 0 Å². The van der Waals surface area contributed by atoms with Crippen LogP contribution in [0.25, 0.3) is 18.2 Å². The van der Waals surface area contributed by atoms with Gasteiger partial charge in [-0.15, -0.1) is 0 Å². The third kappa shape index (κ3) is 6.19. The number of hydrogen-bond donors (Lipinski definition) is 6. The number of aromatic nitrogens is 2. The number of carboxylic acid groups (broad SMARTS) is 2. The number of rotatable bonds is 11. The van der Waals surface area contributed by atoms with E-state index in [1.165, 1.54) is 0 Å². The fourth-order valence-corrected chi connectivity index (χ4v) is 7.23. The number of carbonyl (C=O) groups is 4. The summed E-state index contributed by atoms with van der Waals surface area (Å²) in [5.74, 6) is -1.02. The Hall–Kier alpha value is -4.25. The van der Waals surface area contributed by atoms with Crippen molar-refractivity contribution in [2.75, 3.05) is 5.75 Å². The molecule has 0 bridgehead atoms. The Morgan fingerprint density at radius 1 is 1.05 bits per heavy atom. The molecule has 44 heavy (non-hydrogen) atoms. The first-order chi connectivity index (χ1) is 20.9. The van der Waals surface area contributed by atoms with Crippen LogP contribution >= 0.6 is 11.8 Å². The van der Waals surface area contributed by atoms with Gasteiger partial charge in [0.1, 0.15) is 0 Å². The zero-order valence-electron chi connectivity index (χ0n) is 25.3. The normalized spacial score (nSPS) is 24.8. The molecule has 0 spiro atoms. The summed E-state index contributed by atoms with van der Waals surface area (Å²) in [6.07, 6.45) is 7.62. The second kappa shape index (κ2) is 12.4. The lowest BCUT2D eigenvalue weighted by molar-refractivity contribution is -0.137. The van der Waals surface area contributed by atoms with Gasteiger partial charge >= 0.3 is 11.9 Å². The molecular formula is C33H38N4O6S. The number of allylic oxidation sites excluding steroid dienone is 1. The Morgan fingerprint density at radius 2 is 1.77 bits per heavy atom. The van der Waals surface area contributed by atoms with Gasteiger partial charge in [0.15, 0.2) is 0 Å². The lowest BCUT2D eigenvalue weighted by Crippen LogP contribution is -2.30. The Kier molecular flexibility index (Phi) is 8.78. The minimum absolute atomic E-state index is 0.00703. The molecule has 0 radical (unpaired) electrons. The average molecular weight is 619 g/mol. The molecule has 10 nitrogen and oxygen atoms in total. The van der Waals surface area contributed by atoms with E-state index in [2.05, 4.69) is 27.2 Å². The van der Waals surface area contributed by atoms with Crippen molar-refractivity contribution in [3.8, 4) is 0 Å². The second-order valence-corrected chi connectivity index (χ2v) is 13.0. The number of aliphatic carboxylic acids is 2. The first kappa shape index (κ1) is 31.2. The molecule has 0 aromatic carbocycles. The van der Waals surface area contributed by atoms with Crippen LogP contribution in [0.15, 0.2) is 29.5 Å². The third-order valence-electron chi connectivity index (χ3n) is 8.99. The topological polar surface area (TPSA) is 164 Å². The number of amides is 2. The zero-order chi connectivity index (χ0) is 31.9. The maximum absolute atomic E-state index is 12.5. The SMILES string of the molecule is C=CC1=C(C)[C@@H](Cc2[nH]c(=C\c3[nH]c(/C=C4\NC(=O)[C@H](C)[C@H]4[C@H]4CS4)c(C)c3CCC(=O)O)/c(=C/CC(=O)O)c2C)NC1=O. The summed E-state index contributed by atoms with van der Waals surface area (Å²) < 4.78 is 0. The van der Waals surface area contributed by atoms with Crippen molar-refractivity contribution in [3.05, 3.63) is 73.8 Å². The van der Waals surface area contributed by atoms with Gasteiger partial charge in [-0.1, -0.05) is 25.7 Å². The Labute approximate surface area is 259 Å². The van der Waals surface area contributed by atoms with E-state index >= 15 is 0 Å². The predicted octanol–water partition coefficient (Wildman–Crippen LogP) is 2.44. The molecule has 2 fully saturated rings. The number of carbonyl (C=O) groups excluding carboxylic acids is 2. The predicted molar refractivity (Wildman–Crippen MR) is 170 cm³/mol. The van der Waals surface area contributed by atoms with Crippen molar-refractivity contribution in [2.45, 2.75) is 64.7 Å². The molecule has 5 rings (SSSR count). The second-order valence-electron chi connectivity index (χ2n) is 11.8. The van der Waals surface area contributed by atoms with Crippen LogP contribution in [-0.4, -0.2) is 61.0 Å². The largest absolute Gasteiger partial charge is 0.481 e. The van der Waals surface area contributed by atoms with Gasteiger partial charge in [-0.2, -0.15) is 11.8 Å². The van der Waals surface area contributed by atoms with Crippen LogP contribution in [0.3, 0.4) is 0 Å². The molecular weight excluding hydrogens is 580 g/mol. The van der Waals surface area contributed by atoms with Crippen LogP contribution in [0.5, 0.6) is 0 Å². The van der Waals surface area contributed by atoms with Gasteiger partial charge in [0.25, 0.3) is 5.91 Å². The van der Waals surface area contributed by atoms with Crippen LogP contribution in [0.4, 0.5) is 0 Å². The standard InChI is InChI=1S/C33H38N4O6S/c1-6-19-15(2)24(36-33(19)43)11-22-16(3)20(7-9-29(38)39)25(34-22)13-26-21(8-10-30(40)41)17(4)23(35-26)12-27-31(28-14-44-28)18(5)32(42)37-27/h6-7,12-13,18,24,28,31,34-35H,1,8-11,14H2,2-5H3,(H,36,43)(H,37,42)(H,38,39)(H,40,41)/b20-7+,25-13-,27-12-/t18-,24-,28-,31-/m1/s1. The lowest BCUT2D eigenvalue weighted by atomic mass is 9.91. The number of nitrogens with one attached hydrogen (secondary N) is 4. The van der Waals surface area contributed by atoms with Crippen LogP contribution in [0.2, 0.25) is 0 Å². The van der Waals surface area contributed by atoms with E-state index in [-0.39, 0.29) is 42.5 Å². The number of aromatic amines is 2. The summed E-state index contributed by atoms with van der Waals surface area (Å²) in [5, 5.41) is 26.8. The minimum Gasteiger partial charge on any atom is -0.481 e. The molecule has 2 saturated heterocycles. The van der Waals surface area contributed by atoms with Crippen LogP contribution in [0.1, 0.15) is 60.5 Å².